The molecule has 1 aliphatic rings. The first kappa shape index (κ1) is 13.8. The van der Waals surface area contributed by atoms with E-state index in [0.717, 1.165) is 28.8 Å². The Bertz CT molecular complexity index is 1310. The quantitative estimate of drug-likeness (QED) is 0.432. The molecule has 5 heterocycles. The van der Waals surface area contributed by atoms with Gasteiger partial charge in [0.05, 0.1) is 19.2 Å². The molecule has 6 rings (SSSR count). The van der Waals surface area contributed by atoms with E-state index in [-0.39, 0.29) is 0 Å². The molecule has 0 aliphatic carbocycles. The van der Waals surface area contributed by atoms with Crippen LogP contribution >= 0.6 is 0 Å². The third-order valence-electron chi connectivity index (χ3n) is 5.34. The first-order chi connectivity index (χ1) is 12.8. The molecule has 0 saturated heterocycles. The van der Waals surface area contributed by atoms with Gasteiger partial charge in [-0.25, -0.2) is 14.1 Å². The molecule has 0 amide bonds. The van der Waals surface area contributed by atoms with Crippen LogP contribution < -0.4 is 4.57 Å². The minimum atomic E-state index is 0.855. The third kappa shape index (κ3) is 1.57. The smallest absolute Gasteiger partial charge is 0.264 e. The zero-order valence-electron chi connectivity index (χ0n) is 14.3. The van der Waals surface area contributed by atoms with E-state index in [1.165, 1.54) is 22.6 Å². The van der Waals surface area contributed by atoms with Gasteiger partial charge in [0, 0.05) is 24.2 Å². The summed E-state index contributed by atoms with van der Waals surface area (Å²) in [5, 5.41) is 0. The summed E-state index contributed by atoms with van der Waals surface area (Å²) in [6.07, 6.45) is 5.72. The Morgan fingerprint density at radius 2 is 1.88 bits per heavy atom. The zero-order valence-corrected chi connectivity index (χ0v) is 14.3. The lowest BCUT2D eigenvalue weighted by molar-refractivity contribution is -0.648. The zero-order chi connectivity index (χ0) is 17.3. The van der Waals surface area contributed by atoms with Crippen molar-refractivity contribution in [3.05, 3.63) is 72.7 Å². The van der Waals surface area contributed by atoms with Crippen LogP contribution in [0.1, 0.15) is 5.56 Å². The maximum absolute atomic E-state index is 4.71. The lowest BCUT2D eigenvalue weighted by atomic mass is 10.1. The van der Waals surface area contributed by atoms with Gasteiger partial charge in [0.25, 0.3) is 5.65 Å². The largest absolute Gasteiger partial charge is 0.271 e. The molecule has 1 aliphatic heterocycles. The SMILES string of the molecule is Cn1c2cccnc2c2c1[n+]1c(n2-c2ccccc2)-c2cnccc2C1. The second kappa shape index (κ2) is 4.79. The van der Waals surface area contributed by atoms with Gasteiger partial charge in [-0.3, -0.25) is 9.55 Å². The fraction of sp³-hybridized carbons (Fsp3) is 0.0952. The number of aromatic nitrogens is 5. The maximum atomic E-state index is 4.71. The molecule has 26 heavy (non-hydrogen) atoms. The van der Waals surface area contributed by atoms with Crippen molar-refractivity contribution in [1.29, 1.82) is 0 Å². The standard InChI is InChI=1S/C21H16N5/c1-24-17-8-5-10-23-18(17)19-21(24)25-13-14-9-11-22-12-16(14)20(25)26(19)15-6-3-2-4-7-15/h2-12H,13H2,1H3/q+1. The number of rotatable bonds is 1. The minimum absolute atomic E-state index is 0.855. The lowest BCUT2D eigenvalue weighted by Gasteiger charge is -2.03. The van der Waals surface area contributed by atoms with Gasteiger partial charge in [-0.15, -0.1) is 0 Å². The molecule has 124 valence electrons. The highest BCUT2D eigenvalue weighted by molar-refractivity contribution is 6.03. The van der Waals surface area contributed by atoms with Crippen LogP contribution in [0.4, 0.5) is 0 Å². The number of fused-ring (bicyclic) bond motifs is 7. The van der Waals surface area contributed by atoms with Crippen LogP contribution in [0.15, 0.2) is 67.1 Å². The van der Waals surface area contributed by atoms with Gasteiger partial charge in [0.2, 0.25) is 11.3 Å². The molecule has 0 spiro atoms. The minimum Gasteiger partial charge on any atom is -0.264 e. The summed E-state index contributed by atoms with van der Waals surface area (Å²) in [7, 11) is 2.12. The van der Waals surface area contributed by atoms with E-state index in [1.807, 2.05) is 24.7 Å². The topological polar surface area (TPSA) is 39.5 Å². The van der Waals surface area contributed by atoms with E-state index in [2.05, 4.69) is 68.2 Å². The van der Waals surface area contributed by atoms with Crippen LogP contribution in [0.2, 0.25) is 0 Å². The fourth-order valence-electron chi connectivity index (χ4n) is 4.25. The molecule has 5 aromatic rings. The summed E-state index contributed by atoms with van der Waals surface area (Å²) in [5.41, 5.74) is 8.15. The number of imidazole rings is 1. The van der Waals surface area contributed by atoms with E-state index in [1.54, 1.807) is 0 Å². The van der Waals surface area contributed by atoms with Gasteiger partial charge in [-0.05, 0) is 30.3 Å². The Hall–Kier alpha value is -3.47. The van der Waals surface area contributed by atoms with E-state index < -0.39 is 0 Å². The van der Waals surface area contributed by atoms with Crippen LogP contribution in [0.5, 0.6) is 0 Å². The molecular formula is C21H16N5+. The van der Waals surface area contributed by atoms with Gasteiger partial charge < -0.3 is 0 Å². The van der Waals surface area contributed by atoms with Crippen LogP contribution in [0.3, 0.4) is 0 Å². The molecule has 0 atom stereocenters. The number of pyridine rings is 2. The summed E-state index contributed by atoms with van der Waals surface area (Å²) in [5.74, 6) is 1.17. The van der Waals surface area contributed by atoms with Crippen molar-refractivity contribution < 1.29 is 4.57 Å². The Morgan fingerprint density at radius 3 is 2.77 bits per heavy atom. The molecular weight excluding hydrogens is 322 g/mol. The first-order valence-corrected chi connectivity index (χ1v) is 8.71. The highest BCUT2D eigenvalue weighted by Gasteiger charge is 2.37. The van der Waals surface area contributed by atoms with Crippen molar-refractivity contribution in [2.24, 2.45) is 7.05 Å². The maximum Gasteiger partial charge on any atom is 0.271 e. The normalized spacial score (nSPS) is 12.7. The average molecular weight is 338 g/mol. The van der Waals surface area contributed by atoms with Gasteiger partial charge in [-0.1, -0.05) is 18.2 Å². The van der Waals surface area contributed by atoms with Crippen LogP contribution in [-0.2, 0) is 13.6 Å². The molecule has 0 unspecified atom stereocenters. The highest BCUT2D eigenvalue weighted by Crippen LogP contribution is 2.36. The molecule has 5 nitrogen and oxygen atoms in total. The monoisotopic (exact) mass is 338 g/mol. The van der Waals surface area contributed by atoms with Gasteiger partial charge in [-0.2, -0.15) is 0 Å². The number of para-hydroxylation sites is 1. The summed E-state index contributed by atoms with van der Waals surface area (Å²) < 4.78 is 6.97. The van der Waals surface area contributed by atoms with E-state index >= 15 is 0 Å². The lowest BCUT2D eigenvalue weighted by Crippen LogP contribution is -2.33. The Morgan fingerprint density at radius 1 is 1.00 bits per heavy atom. The summed E-state index contributed by atoms with van der Waals surface area (Å²) >= 11 is 0. The number of hydrogen-bond acceptors (Lipinski definition) is 2. The van der Waals surface area contributed by atoms with E-state index in [0.29, 0.717) is 0 Å². The predicted octanol–water partition coefficient (Wildman–Crippen LogP) is 3.23. The predicted molar refractivity (Wildman–Crippen MR) is 100 cm³/mol. The summed E-state index contributed by atoms with van der Waals surface area (Å²) in [6, 6.07) is 16.8. The van der Waals surface area contributed by atoms with Crippen molar-refractivity contribution in [2.75, 3.05) is 0 Å². The highest BCUT2D eigenvalue weighted by atomic mass is 15.3. The molecule has 1 aromatic carbocycles. The Kier molecular flexibility index (Phi) is 2.54. The molecule has 0 saturated carbocycles. The second-order valence-corrected chi connectivity index (χ2v) is 6.72. The summed E-state index contributed by atoms with van der Waals surface area (Å²) in [6.45, 7) is 0.855. The second-order valence-electron chi connectivity index (χ2n) is 6.72. The van der Waals surface area contributed by atoms with Crippen molar-refractivity contribution in [2.45, 2.75) is 6.54 Å². The molecule has 0 N–H and O–H groups in total. The van der Waals surface area contributed by atoms with Gasteiger partial charge in [0.1, 0.15) is 16.7 Å². The van der Waals surface area contributed by atoms with Crippen LogP contribution in [0, 0.1) is 0 Å². The Balaban J connectivity index is 1.87. The molecule has 0 fully saturated rings. The Labute approximate surface area is 149 Å². The number of hydrogen-bond donors (Lipinski definition) is 0. The molecule has 0 bridgehead atoms. The molecule has 0 radical (unpaired) electrons. The average Bonchev–Trinajstić information content (AvgIpc) is 3.31. The van der Waals surface area contributed by atoms with Crippen molar-refractivity contribution in [3.63, 3.8) is 0 Å². The van der Waals surface area contributed by atoms with E-state index in [9.17, 15) is 0 Å². The fourth-order valence-corrected chi connectivity index (χ4v) is 4.25. The van der Waals surface area contributed by atoms with Crippen molar-refractivity contribution in [1.82, 2.24) is 19.1 Å². The third-order valence-corrected chi connectivity index (χ3v) is 5.34. The number of aryl methyl sites for hydroxylation is 1. The number of nitrogens with zero attached hydrogens (tertiary/aromatic N) is 5. The van der Waals surface area contributed by atoms with E-state index in [4.69, 9.17) is 4.98 Å². The molecule has 5 heteroatoms. The van der Waals surface area contributed by atoms with Gasteiger partial charge >= 0.3 is 0 Å². The van der Waals surface area contributed by atoms with Crippen molar-refractivity contribution >= 4 is 22.2 Å². The summed E-state index contributed by atoms with van der Waals surface area (Å²) in [4.78, 5) is 9.09. The van der Waals surface area contributed by atoms with Gasteiger partial charge in [0.15, 0.2) is 0 Å². The van der Waals surface area contributed by atoms with Crippen LogP contribution in [-0.4, -0.2) is 19.1 Å². The van der Waals surface area contributed by atoms with Crippen LogP contribution in [0.25, 0.3) is 39.3 Å². The first-order valence-electron chi connectivity index (χ1n) is 8.71. The molecule has 4 aromatic heterocycles. The number of benzene rings is 1. The van der Waals surface area contributed by atoms with Crippen molar-refractivity contribution in [3.8, 4) is 17.1 Å².